The fourth-order valence-corrected chi connectivity index (χ4v) is 4.66. The first-order chi connectivity index (χ1) is 11.8. The van der Waals surface area contributed by atoms with Gasteiger partial charge in [-0.2, -0.15) is 4.31 Å². The van der Waals surface area contributed by atoms with Crippen LogP contribution >= 0.6 is 0 Å². The maximum Gasteiger partial charge on any atom is 0.243 e. The number of nitrogens with zero attached hydrogens (tertiary/aromatic N) is 3. The highest BCUT2D eigenvalue weighted by molar-refractivity contribution is 7.89. The Morgan fingerprint density at radius 2 is 1.76 bits per heavy atom. The molecular weight excluding hydrogens is 345 g/mol. The molecule has 1 heterocycles. The van der Waals surface area contributed by atoms with Gasteiger partial charge < -0.3 is 4.90 Å². The Labute approximate surface area is 149 Å². The largest absolute Gasteiger partial charge is 0.342 e. The summed E-state index contributed by atoms with van der Waals surface area (Å²) in [6, 6.07) is 3.71. The number of amides is 1. The van der Waals surface area contributed by atoms with Gasteiger partial charge in [-0.3, -0.25) is 9.69 Å². The van der Waals surface area contributed by atoms with E-state index in [-0.39, 0.29) is 10.8 Å². The van der Waals surface area contributed by atoms with E-state index in [0.29, 0.717) is 51.4 Å². The van der Waals surface area contributed by atoms with E-state index in [4.69, 9.17) is 0 Å². The summed E-state index contributed by atoms with van der Waals surface area (Å²) in [5, 5.41) is 0. The molecule has 0 radical (unpaired) electrons. The maximum absolute atomic E-state index is 13.2. The summed E-state index contributed by atoms with van der Waals surface area (Å²) in [4.78, 5) is 16.1. The molecule has 0 aliphatic carbocycles. The lowest BCUT2D eigenvalue weighted by Crippen LogP contribution is -2.51. The fourth-order valence-electron chi connectivity index (χ4n) is 3.04. The SMILES string of the molecule is CCN(CC)C(=O)CN1CCN(S(=O)(=O)c2ccc(F)cc2C)CC1. The third kappa shape index (κ3) is 4.56. The molecule has 0 bridgehead atoms. The third-order valence-corrected chi connectivity index (χ3v) is 6.62. The van der Waals surface area contributed by atoms with Gasteiger partial charge in [-0.15, -0.1) is 0 Å². The minimum atomic E-state index is -3.64. The van der Waals surface area contributed by atoms with Crippen LogP contribution in [0.2, 0.25) is 0 Å². The summed E-state index contributed by atoms with van der Waals surface area (Å²) in [6.45, 7) is 8.79. The van der Waals surface area contributed by atoms with Crippen LogP contribution in [0, 0.1) is 12.7 Å². The van der Waals surface area contributed by atoms with E-state index in [1.54, 1.807) is 11.8 Å². The van der Waals surface area contributed by atoms with Crippen LogP contribution in [0.25, 0.3) is 0 Å². The predicted octanol–water partition coefficient (Wildman–Crippen LogP) is 1.31. The van der Waals surface area contributed by atoms with Gasteiger partial charge in [0.1, 0.15) is 5.82 Å². The molecular formula is C17H26FN3O3S. The molecule has 140 valence electrons. The van der Waals surface area contributed by atoms with Crippen molar-refractivity contribution in [3.63, 3.8) is 0 Å². The van der Waals surface area contributed by atoms with Gasteiger partial charge in [-0.05, 0) is 44.5 Å². The molecule has 1 aliphatic heterocycles. The van der Waals surface area contributed by atoms with E-state index >= 15 is 0 Å². The van der Waals surface area contributed by atoms with E-state index in [0.717, 1.165) is 0 Å². The summed E-state index contributed by atoms with van der Waals surface area (Å²) in [5.41, 5.74) is 0.402. The zero-order chi connectivity index (χ0) is 18.6. The molecule has 0 spiro atoms. The van der Waals surface area contributed by atoms with Crippen molar-refractivity contribution in [3.8, 4) is 0 Å². The van der Waals surface area contributed by atoms with Crippen LogP contribution in [0.15, 0.2) is 23.1 Å². The van der Waals surface area contributed by atoms with Crippen molar-refractivity contribution in [2.45, 2.75) is 25.7 Å². The second kappa shape index (κ2) is 8.25. The van der Waals surface area contributed by atoms with E-state index in [1.165, 1.54) is 22.5 Å². The number of benzene rings is 1. The second-order valence-corrected chi connectivity index (χ2v) is 8.06. The van der Waals surface area contributed by atoms with Gasteiger partial charge in [0.25, 0.3) is 0 Å². The Bertz CT molecular complexity index is 712. The number of sulfonamides is 1. The summed E-state index contributed by atoms with van der Waals surface area (Å²) in [5.74, 6) is -0.383. The Morgan fingerprint density at radius 1 is 1.16 bits per heavy atom. The Kier molecular flexibility index (Phi) is 6.53. The lowest BCUT2D eigenvalue weighted by Gasteiger charge is -2.34. The van der Waals surface area contributed by atoms with E-state index in [9.17, 15) is 17.6 Å². The summed E-state index contributed by atoms with van der Waals surface area (Å²) >= 11 is 0. The number of carbonyl (C=O) groups is 1. The van der Waals surface area contributed by atoms with Crippen LogP contribution in [0.3, 0.4) is 0 Å². The number of hydrogen-bond acceptors (Lipinski definition) is 4. The highest BCUT2D eigenvalue weighted by Gasteiger charge is 2.30. The first kappa shape index (κ1) is 19.8. The molecule has 0 unspecified atom stereocenters. The van der Waals surface area contributed by atoms with Gasteiger partial charge in [0.2, 0.25) is 15.9 Å². The molecule has 1 saturated heterocycles. The van der Waals surface area contributed by atoms with E-state index in [1.807, 2.05) is 18.7 Å². The van der Waals surface area contributed by atoms with Crippen LogP contribution in [-0.2, 0) is 14.8 Å². The highest BCUT2D eigenvalue weighted by Crippen LogP contribution is 2.22. The number of likely N-dealkylation sites (N-methyl/N-ethyl adjacent to an activating group) is 1. The van der Waals surface area contributed by atoms with E-state index < -0.39 is 15.8 Å². The number of hydrogen-bond donors (Lipinski definition) is 0. The van der Waals surface area contributed by atoms with Gasteiger partial charge in [0.15, 0.2) is 0 Å². The zero-order valence-electron chi connectivity index (χ0n) is 15.0. The van der Waals surface area contributed by atoms with Gasteiger partial charge in [-0.25, -0.2) is 12.8 Å². The fraction of sp³-hybridized carbons (Fsp3) is 0.588. The first-order valence-electron chi connectivity index (χ1n) is 8.56. The zero-order valence-corrected chi connectivity index (χ0v) is 15.9. The van der Waals surface area contributed by atoms with Crippen molar-refractivity contribution in [1.29, 1.82) is 0 Å². The van der Waals surface area contributed by atoms with Crippen LogP contribution in [-0.4, -0.2) is 74.2 Å². The molecule has 0 saturated carbocycles. The van der Waals surface area contributed by atoms with Gasteiger partial charge in [-0.1, -0.05) is 0 Å². The summed E-state index contributed by atoms with van der Waals surface area (Å²) in [6.07, 6.45) is 0. The maximum atomic E-state index is 13.2. The number of carbonyl (C=O) groups excluding carboxylic acids is 1. The van der Waals surface area contributed by atoms with Gasteiger partial charge in [0.05, 0.1) is 11.4 Å². The van der Waals surface area contributed by atoms with Gasteiger partial charge >= 0.3 is 0 Å². The second-order valence-electron chi connectivity index (χ2n) is 6.16. The molecule has 1 fully saturated rings. The molecule has 1 amide bonds. The average molecular weight is 371 g/mol. The van der Waals surface area contributed by atoms with E-state index in [2.05, 4.69) is 0 Å². The Balaban J connectivity index is 2.00. The van der Waals surface area contributed by atoms with Crippen molar-refractivity contribution in [3.05, 3.63) is 29.6 Å². The number of halogens is 1. The molecule has 1 aromatic carbocycles. The lowest BCUT2D eigenvalue weighted by atomic mass is 10.2. The molecule has 1 aliphatic rings. The van der Waals surface area contributed by atoms with Crippen molar-refractivity contribution >= 4 is 15.9 Å². The molecule has 0 atom stereocenters. The normalized spacial score (nSPS) is 16.8. The molecule has 6 nitrogen and oxygen atoms in total. The Morgan fingerprint density at radius 3 is 2.28 bits per heavy atom. The van der Waals surface area contributed by atoms with Crippen LogP contribution < -0.4 is 0 Å². The summed E-state index contributed by atoms with van der Waals surface area (Å²) < 4.78 is 40.1. The molecule has 2 rings (SSSR count). The first-order valence-corrected chi connectivity index (χ1v) is 10.00. The van der Waals surface area contributed by atoms with Crippen molar-refractivity contribution in [2.75, 3.05) is 45.8 Å². The minimum absolute atomic E-state index is 0.0655. The van der Waals surface area contributed by atoms with Crippen LogP contribution in [0.1, 0.15) is 19.4 Å². The van der Waals surface area contributed by atoms with Crippen LogP contribution in [0.5, 0.6) is 0 Å². The standard InChI is InChI=1S/C17H26FN3O3S/c1-4-20(5-2)17(22)13-19-8-10-21(11-9-19)25(23,24)16-7-6-15(18)12-14(16)3/h6-7,12H,4-5,8-11,13H2,1-3H3. The summed E-state index contributed by atoms with van der Waals surface area (Å²) in [7, 11) is -3.64. The Hall–Kier alpha value is -1.51. The quantitative estimate of drug-likeness (QED) is 0.756. The third-order valence-electron chi connectivity index (χ3n) is 4.56. The molecule has 0 N–H and O–H groups in total. The smallest absolute Gasteiger partial charge is 0.243 e. The molecule has 8 heteroatoms. The topological polar surface area (TPSA) is 60.9 Å². The number of piperazine rings is 1. The van der Waals surface area contributed by atoms with Crippen molar-refractivity contribution in [2.24, 2.45) is 0 Å². The molecule has 1 aromatic rings. The monoisotopic (exact) mass is 371 g/mol. The van der Waals surface area contributed by atoms with Crippen molar-refractivity contribution in [1.82, 2.24) is 14.1 Å². The van der Waals surface area contributed by atoms with Crippen molar-refractivity contribution < 1.29 is 17.6 Å². The minimum Gasteiger partial charge on any atom is -0.342 e. The molecule has 0 aromatic heterocycles. The number of rotatable bonds is 6. The van der Waals surface area contributed by atoms with Crippen LogP contribution in [0.4, 0.5) is 4.39 Å². The molecule has 25 heavy (non-hydrogen) atoms. The van der Waals surface area contributed by atoms with Gasteiger partial charge in [0, 0.05) is 39.3 Å². The predicted molar refractivity (Wildman–Crippen MR) is 94.3 cm³/mol. The number of aryl methyl sites for hydroxylation is 1. The lowest BCUT2D eigenvalue weighted by molar-refractivity contribution is -0.132. The average Bonchev–Trinajstić information content (AvgIpc) is 2.56. The highest BCUT2D eigenvalue weighted by atomic mass is 32.2.